The molecule has 6 nitrogen and oxygen atoms in total. The molecule has 0 aliphatic carbocycles. The molecule has 1 spiro atoms. The smallest absolute Gasteiger partial charge is 0.298 e. The number of hydrogen-bond acceptors (Lipinski definition) is 6. The Balaban J connectivity index is 1.53. The van der Waals surface area contributed by atoms with E-state index in [1.165, 1.54) is 0 Å². The van der Waals surface area contributed by atoms with E-state index in [2.05, 4.69) is 9.88 Å². The van der Waals surface area contributed by atoms with E-state index in [1.54, 1.807) is 6.92 Å². The lowest BCUT2D eigenvalue weighted by molar-refractivity contribution is -0.239. The number of fused-ring (bicyclic) bond motifs is 1. The van der Waals surface area contributed by atoms with Gasteiger partial charge in [-0.25, -0.2) is 0 Å². The molecule has 2 aliphatic heterocycles. The van der Waals surface area contributed by atoms with Gasteiger partial charge in [-0.1, -0.05) is 6.07 Å². The van der Waals surface area contributed by atoms with E-state index in [0.717, 1.165) is 16.7 Å². The summed E-state index contributed by atoms with van der Waals surface area (Å²) in [4.78, 5) is 6.67. The van der Waals surface area contributed by atoms with Crippen molar-refractivity contribution < 1.29 is 19.4 Å². The van der Waals surface area contributed by atoms with Gasteiger partial charge in [0.15, 0.2) is 5.58 Å². The molecule has 1 aromatic heterocycles. The summed E-state index contributed by atoms with van der Waals surface area (Å²) in [5, 5.41) is 21.0. The van der Waals surface area contributed by atoms with Crippen LogP contribution in [0.15, 0.2) is 22.6 Å². The van der Waals surface area contributed by atoms with Crippen LogP contribution in [0.4, 0.5) is 6.01 Å². The number of oxazole rings is 1. The first-order chi connectivity index (χ1) is 11.4. The zero-order valence-electron chi connectivity index (χ0n) is 14.2. The molecule has 2 aromatic rings. The minimum Gasteiger partial charge on any atom is -0.423 e. The van der Waals surface area contributed by atoms with Gasteiger partial charge in [-0.3, -0.25) is 0 Å². The number of aliphatic hydroxyl groups is 2. The third-order valence-electron chi connectivity index (χ3n) is 5.50. The molecular formula is C18H24N2O4. The van der Waals surface area contributed by atoms with Crippen LogP contribution in [0, 0.1) is 6.92 Å². The van der Waals surface area contributed by atoms with Gasteiger partial charge in [0, 0.05) is 19.5 Å². The Kier molecular flexibility index (Phi) is 3.60. The van der Waals surface area contributed by atoms with Crippen molar-refractivity contribution in [1.82, 2.24) is 4.98 Å². The SMILES string of the molecule is Cc1ccc2oc(N3CCC4(CC3)OCC[C@@](C)(O)[C@@H]4O)nc2c1. The monoisotopic (exact) mass is 332 g/mol. The molecule has 0 saturated carbocycles. The largest absolute Gasteiger partial charge is 0.423 e. The molecule has 0 bridgehead atoms. The second-order valence-electron chi connectivity index (χ2n) is 7.38. The standard InChI is InChI=1S/C18H24N2O4/c1-12-3-4-14-13(11-12)19-16(24-14)20-8-5-18(6-9-20)15(21)17(2,22)7-10-23-18/h3-4,11,15,21-22H,5-10H2,1-2H3/t15-,17+/m0/s1. The summed E-state index contributed by atoms with van der Waals surface area (Å²) in [6, 6.07) is 6.58. The van der Waals surface area contributed by atoms with Crippen LogP contribution < -0.4 is 4.90 Å². The maximum absolute atomic E-state index is 10.6. The molecule has 2 N–H and O–H groups in total. The van der Waals surface area contributed by atoms with Gasteiger partial charge in [0.05, 0.1) is 12.2 Å². The van der Waals surface area contributed by atoms with Crippen LogP contribution in [0.2, 0.25) is 0 Å². The van der Waals surface area contributed by atoms with E-state index in [0.29, 0.717) is 45.0 Å². The predicted octanol–water partition coefficient (Wildman–Crippen LogP) is 2.01. The summed E-state index contributed by atoms with van der Waals surface area (Å²) in [6.07, 6.45) is 0.876. The lowest BCUT2D eigenvalue weighted by Crippen LogP contribution is -2.64. The maximum atomic E-state index is 10.6. The maximum Gasteiger partial charge on any atom is 0.298 e. The molecule has 0 amide bonds. The summed E-state index contributed by atoms with van der Waals surface area (Å²) in [7, 11) is 0. The van der Waals surface area contributed by atoms with E-state index in [4.69, 9.17) is 9.15 Å². The number of aliphatic hydroxyl groups excluding tert-OH is 1. The van der Waals surface area contributed by atoms with Crippen molar-refractivity contribution in [2.45, 2.75) is 50.4 Å². The lowest BCUT2D eigenvalue weighted by atomic mass is 9.75. The third-order valence-corrected chi connectivity index (χ3v) is 5.50. The number of rotatable bonds is 1. The van der Waals surface area contributed by atoms with Gasteiger partial charge in [-0.05, 0) is 44.4 Å². The first-order valence-corrected chi connectivity index (χ1v) is 8.56. The van der Waals surface area contributed by atoms with Crippen molar-refractivity contribution in [3.05, 3.63) is 23.8 Å². The number of aryl methyl sites for hydroxylation is 1. The van der Waals surface area contributed by atoms with Crippen LogP contribution in [0.25, 0.3) is 11.1 Å². The highest BCUT2D eigenvalue weighted by Gasteiger charge is 2.52. The summed E-state index contributed by atoms with van der Waals surface area (Å²) >= 11 is 0. The highest BCUT2D eigenvalue weighted by Crippen LogP contribution is 2.40. The van der Waals surface area contributed by atoms with Gasteiger partial charge >= 0.3 is 0 Å². The van der Waals surface area contributed by atoms with Gasteiger partial charge < -0.3 is 24.3 Å². The van der Waals surface area contributed by atoms with Crippen molar-refractivity contribution in [2.24, 2.45) is 0 Å². The molecule has 2 saturated heterocycles. The van der Waals surface area contributed by atoms with Crippen LogP contribution >= 0.6 is 0 Å². The Hall–Kier alpha value is -1.63. The van der Waals surface area contributed by atoms with Gasteiger partial charge in [0.1, 0.15) is 17.2 Å². The van der Waals surface area contributed by atoms with E-state index in [9.17, 15) is 10.2 Å². The van der Waals surface area contributed by atoms with E-state index in [-0.39, 0.29) is 0 Å². The number of benzene rings is 1. The molecule has 2 fully saturated rings. The van der Waals surface area contributed by atoms with Crippen LogP contribution in [0.5, 0.6) is 0 Å². The summed E-state index contributed by atoms with van der Waals surface area (Å²) in [6.45, 7) is 5.56. The Bertz CT molecular complexity index is 747. The number of anilines is 1. The summed E-state index contributed by atoms with van der Waals surface area (Å²) < 4.78 is 11.8. The third kappa shape index (κ3) is 2.49. The van der Waals surface area contributed by atoms with Gasteiger partial charge in [-0.2, -0.15) is 4.98 Å². The van der Waals surface area contributed by atoms with E-state index < -0.39 is 17.3 Å². The zero-order valence-corrected chi connectivity index (χ0v) is 14.2. The van der Waals surface area contributed by atoms with Crippen molar-refractivity contribution in [3.63, 3.8) is 0 Å². The Morgan fingerprint density at radius 2 is 2.00 bits per heavy atom. The quantitative estimate of drug-likeness (QED) is 0.832. The Morgan fingerprint density at radius 3 is 2.75 bits per heavy atom. The Morgan fingerprint density at radius 1 is 1.25 bits per heavy atom. The molecule has 24 heavy (non-hydrogen) atoms. The normalized spacial score (nSPS) is 30.2. The number of aromatic nitrogens is 1. The number of nitrogens with zero attached hydrogens (tertiary/aromatic N) is 2. The topological polar surface area (TPSA) is 79.0 Å². The molecule has 2 aliphatic rings. The number of hydrogen-bond donors (Lipinski definition) is 2. The second kappa shape index (κ2) is 5.44. The van der Waals surface area contributed by atoms with Gasteiger partial charge in [0.25, 0.3) is 6.01 Å². The molecule has 6 heteroatoms. The zero-order chi connectivity index (χ0) is 16.9. The molecule has 4 rings (SSSR count). The lowest BCUT2D eigenvalue weighted by Gasteiger charge is -2.51. The van der Waals surface area contributed by atoms with Crippen molar-refractivity contribution >= 4 is 17.1 Å². The van der Waals surface area contributed by atoms with Crippen molar-refractivity contribution in [1.29, 1.82) is 0 Å². The fourth-order valence-corrected chi connectivity index (χ4v) is 3.90. The molecule has 2 atom stereocenters. The van der Waals surface area contributed by atoms with Crippen molar-refractivity contribution in [2.75, 3.05) is 24.6 Å². The first-order valence-electron chi connectivity index (χ1n) is 8.56. The van der Waals surface area contributed by atoms with Gasteiger partial charge in [-0.15, -0.1) is 0 Å². The average molecular weight is 332 g/mol. The second-order valence-corrected chi connectivity index (χ2v) is 7.38. The van der Waals surface area contributed by atoms with E-state index >= 15 is 0 Å². The number of piperidine rings is 1. The highest BCUT2D eigenvalue weighted by molar-refractivity contribution is 5.75. The molecule has 0 radical (unpaired) electrons. The molecule has 0 unspecified atom stereocenters. The molecular weight excluding hydrogens is 308 g/mol. The Labute approximate surface area is 141 Å². The highest BCUT2D eigenvalue weighted by atomic mass is 16.5. The van der Waals surface area contributed by atoms with E-state index in [1.807, 2.05) is 25.1 Å². The average Bonchev–Trinajstić information content (AvgIpc) is 2.96. The van der Waals surface area contributed by atoms with Crippen LogP contribution in [-0.4, -0.2) is 52.2 Å². The summed E-state index contributed by atoms with van der Waals surface area (Å²) in [5.74, 6) is 0. The van der Waals surface area contributed by atoms with Gasteiger partial charge in [0.2, 0.25) is 0 Å². The van der Waals surface area contributed by atoms with Crippen LogP contribution in [0.1, 0.15) is 31.7 Å². The number of ether oxygens (including phenoxy) is 1. The predicted molar refractivity (Wildman–Crippen MR) is 90.1 cm³/mol. The van der Waals surface area contributed by atoms with Crippen LogP contribution in [0.3, 0.4) is 0 Å². The molecule has 3 heterocycles. The molecule has 1 aromatic carbocycles. The fraction of sp³-hybridized carbons (Fsp3) is 0.611. The first kappa shape index (κ1) is 15.9. The summed E-state index contributed by atoms with van der Waals surface area (Å²) in [5.41, 5.74) is 1.05. The minimum atomic E-state index is -1.09. The van der Waals surface area contributed by atoms with Crippen molar-refractivity contribution in [3.8, 4) is 0 Å². The fourth-order valence-electron chi connectivity index (χ4n) is 3.90. The minimum absolute atomic E-state index is 0.462. The molecule has 130 valence electrons. The van der Waals surface area contributed by atoms with Crippen LogP contribution in [-0.2, 0) is 4.74 Å².